The standard InChI is InChI=1S/C23H30N2O2/c1-18-9-11-20(12-10-18)23(2,3)17-24-22(26)21-16-25(13-14-27-21)15-19-7-5-4-6-8-19/h4-12,21H,13-17H2,1-3H3,(H,24,26). The van der Waals surface area contributed by atoms with Gasteiger partial charge in [-0.1, -0.05) is 74.0 Å². The first-order chi connectivity index (χ1) is 12.9. The molecule has 0 radical (unpaired) electrons. The Morgan fingerprint density at radius 3 is 2.56 bits per heavy atom. The fourth-order valence-electron chi connectivity index (χ4n) is 3.38. The molecule has 0 saturated carbocycles. The number of nitrogens with zero attached hydrogens (tertiary/aromatic N) is 1. The lowest BCUT2D eigenvalue weighted by Gasteiger charge is -2.33. The third-order valence-electron chi connectivity index (χ3n) is 5.23. The summed E-state index contributed by atoms with van der Waals surface area (Å²) in [6.07, 6.45) is -0.406. The molecule has 4 nitrogen and oxygen atoms in total. The monoisotopic (exact) mass is 366 g/mol. The molecule has 27 heavy (non-hydrogen) atoms. The smallest absolute Gasteiger partial charge is 0.250 e. The predicted molar refractivity (Wildman–Crippen MR) is 109 cm³/mol. The predicted octanol–water partition coefficient (Wildman–Crippen LogP) is 3.29. The van der Waals surface area contributed by atoms with Crippen LogP contribution in [0.25, 0.3) is 0 Å². The van der Waals surface area contributed by atoms with Crippen molar-refractivity contribution in [3.63, 3.8) is 0 Å². The highest BCUT2D eigenvalue weighted by Crippen LogP contribution is 2.22. The maximum atomic E-state index is 12.7. The van der Waals surface area contributed by atoms with Crippen molar-refractivity contribution in [3.05, 3.63) is 71.3 Å². The van der Waals surface area contributed by atoms with E-state index in [1.165, 1.54) is 16.7 Å². The number of carbonyl (C=O) groups excluding carboxylic acids is 1. The van der Waals surface area contributed by atoms with E-state index in [0.29, 0.717) is 19.7 Å². The molecular weight excluding hydrogens is 336 g/mol. The van der Waals surface area contributed by atoms with E-state index in [2.05, 4.69) is 67.4 Å². The SMILES string of the molecule is Cc1ccc(C(C)(C)CNC(=O)C2CN(Cc3ccccc3)CCO2)cc1. The van der Waals surface area contributed by atoms with Gasteiger partial charge in [-0.2, -0.15) is 0 Å². The maximum absolute atomic E-state index is 12.7. The zero-order valence-corrected chi connectivity index (χ0v) is 16.6. The molecule has 1 N–H and O–H groups in total. The van der Waals surface area contributed by atoms with Crippen LogP contribution < -0.4 is 5.32 Å². The maximum Gasteiger partial charge on any atom is 0.250 e. The number of hydrogen-bond acceptors (Lipinski definition) is 3. The Labute approximate surface area is 162 Å². The van der Waals surface area contributed by atoms with Crippen LogP contribution in [0.4, 0.5) is 0 Å². The van der Waals surface area contributed by atoms with Gasteiger partial charge >= 0.3 is 0 Å². The van der Waals surface area contributed by atoms with Crippen LogP contribution in [0.2, 0.25) is 0 Å². The molecule has 1 unspecified atom stereocenters. The van der Waals surface area contributed by atoms with Gasteiger partial charge in [-0.15, -0.1) is 0 Å². The summed E-state index contributed by atoms with van der Waals surface area (Å²) in [5.41, 5.74) is 3.61. The average Bonchev–Trinajstić information content (AvgIpc) is 2.67. The Kier molecular flexibility index (Phi) is 6.30. The minimum absolute atomic E-state index is 0.0204. The second-order valence-corrected chi connectivity index (χ2v) is 8.05. The van der Waals surface area contributed by atoms with E-state index in [1.54, 1.807) is 0 Å². The van der Waals surface area contributed by atoms with Gasteiger partial charge in [-0.25, -0.2) is 0 Å². The molecule has 1 amide bonds. The average molecular weight is 367 g/mol. The number of aryl methyl sites for hydroxylation is 1. The molecule has 4 heteroatoms. The number of carbonyl (C=O) groups is 1. The quantitative estimate of drug-likeness (QED) is 0.853. The zero-order valence-electron chi connectivity index (χ0n) is 16.6. The van der Waals surface area contributed by atoms with Crippen LogP contribution in [0.3, 0.4) is 0 Å². The van der Waals surface area contributed by atoms with E-state index >= 15 is 0 Å². The van der Waals surface area contributed by atoms with Gasteiger partial charge in [-0.05, 0) is 18.1 Å². The van der Waals surface area contributed by atoms with Crippen molar-refractivity contribution < 1.29 is 9.53 Å². The van der Waals surface area contributed by atoms with Gasteiger partial charge in [0, 0.05) is 31.6 Å². The van der Waals surface area contributed by atoms with Gasteiger partial charge in [0.25, 0.3) is 5.91 Å². The van der Waals surface area contributed by atoms with Gasteiger partial charge in [0.05, 0.1) is 6.61 Å². The third kappa shape index (κ3) is 5.41. The first kappa shape index (κ1) is 19.6. The lowest BCUT2D eigenvalue weighted by molar-refractivity contribution is -0.139. The molecule has 0 aliphatic carbocycles. The number of morpholine rings is 1. The molecule has 0 aromatic heterocycles. The Bertz CT molecular complexity index is 741. The summed E-state index contributed by atoms with van der Waals surface area (Å²) >= 11 is 0. The van der Waals surface area contributed by atoms with Crippen molar-refractivity contribution in [1.82, 2.24) is 10.2 Å². The Hall–Kier alpha value is -2.17. The van der Waals surface area contributed by atoms with Crippen molar-refractivity contribution in [2.75, 3.05) is 26.2 Å². The summed E-state index contributed by atoms with van der Waals surface area (Å²) in [6.45, 7) is 9.91. The largest absolute Gasteiger partial charge is 0.366 e. The minimum Gasteiger partial charge on any atom is -0.366 e. The summed E-state index contributed by atoms with van der Waals surface area (Å²) in [7, 11) is 0. The lowest BCUT2D eigenvalue weighted by atomic mass is 9.84. The summed E-state index contributed by atoms with van der Waals surface area (Å²) < 4.78 is 5.74. The van der Waals surface area contributed by atoms with Crippen LogP contribution >= 0.6 is 0 Å². The molecule has 144 valence electrons. The molecular formula is C23H30N2O2. The van der Waals surface area contributed by atoms with E-state index in [9.17, 15) is 4.79 Å². The number of rotatable bonds is 6. The molecule has 1 atom stereocenters. The van der Waals surface area contributed by atoms with E-state index in [0.717, 1.165) is 13.1 Å². The molecule has 1 saturated heterocycles. The highest BCUT2D eigenvalue weighted by atomic mass is 16.5. The summed E-state index contributed by atoms with van der Waals surface area (Å²) in [5, 5.41) is 3.10. The Morgan fingerprint density at radius 1 is 1.15 bits per heavy atom. The Morgan fingerprint density at radius 2 is 1.85 bits per heavy atom. The van der Waals surface area contributed by atoms with E-state index in [-0.39, 0.29) is 11.3 Å². The lowest BCUT2D eigenvalue weighted by Crippen LogP contribution is -2.51. The fourth-order valence-corrected chi connectivity index (χ4v) is 3.38. The van der Waals surface area contributed by atoms with Crippen LogP contribution in [0.1, 0.15) is 30.5 Å². The number of nitrogens with one attached hydrogen (secondary N) is 1. The van der Waals surface area contributed by atoms with Gasteiger partial charge in [0.2, 0.25) is 0 Å². The van der Waals surface area contributed by atoms with Gasteiger partial charge in [-0.3, -0.25) is 9.69 Å². The molecule has 2 aromatic rings. The molecule has 0 spiro atoms. The van der Waals surface area contributed by atoms with Gasteiger partial charge < -0.3 is 10.1 Å². The van der Waals surface area contributed by atoms with E-state index < -0.39 is 6.10 Å². The molecule has 1 fully saturated rings. The molecule has 1 aliphatic heterocycles. The number of benzene rings is 2. The number of ether oxygens (including phenoxy) is 1. The van der Waals surface area contributed by atoms with Crippen LogP contribution in [0.5, 0.6) is 0 Å². The molecule has 0 bridgehead atoms. The first-order valence-electron chi connectivity index (χ1n) is 9.67. The van der Waals surface area contributed by atoms with Crippen LogP contribution in [0.15, 0.2) is 54.6 Å². The van der Waals surface area contributed by atoms with Gasteiger partial charge in [0.1, 0.15) is 6.10 Å². The Balaban J connectivity index is 1.53. The van der Waals surface area contributed by atoms with Crippen LogP contribution in [-0.4, -0.2) is 43.2 Å². The fraction of sp³-hybridized carbons (Fsp3) is 0.435. The minimum atomic E-state index is -0.406. The van der Waals surface area contributed by atoms with Crippen molar-refractivity contribution in [2.24, 2.45) is 0 Å². The number of hydrogen-bond donors (Lipinski definition) is 1. The molecule has 2 aromatic carbocycles. The number of amides is 1. The van der Waals surface area contributed by atoms with Crippen LogP contribution in [-0.2, 0) is 21.5 Å². The van der Waals surface area contributed by atoms with Crippen LogP contribution in [0, 0.1) is 6.92 Å². The second kappa shape index (κ2) is 8.68. The molecule has 3 rings (SSSR count). The molecule has 1 heterocycles. The van der Waals surface area contributed by atoms with Crippen molar-refractivity contribution in [2.45, 2.75) is 38.8 Å². The van der Waals surface area contributed by atoms with Crippen molar-refractivity contribution in [3.8, 4) is 0 Å². The highest BCUT2D eigenvalue weighted by Gasteiger charge is 2.28. The normalized spacial score (nSPS) is 18.3. The highest BCUT2D eigenvalue weighted by molar-refractivity contribution is 5.81. The van der Waals surface area contributed by atoms with Gasteiger partial charge in [0.15, 0.2) is 0 Å². The summed E-state index contributed by atoms with van der Waals surface area (Å²) in [5.74, 6) is -0.0204. The van der Waals surface area contributed by atoms with Crippen molar-refractivity contribution in [1.29, 1.82) is 0 Å². The first-order valence-corrected chi connectivity index (χ1v) is 9.67. The summed E-state index contributed by atoms with van der Waals surface area (Å²) in [6, 6.07) is 18.9. The zero-order chi connectivity index (χ0) is 19.3. The van der Waals surface area contributed by atoms with E-state index in [1.807, 2.05) is 18.2 Å². The summed E-state index contributed by atoms with van der Waals surface area (Å²) in [4.78, 5) is 15.0. The van der Waals surface area contributed by atoms with E-state index in [4.69, 9.17) is 4.74 Å². The third-order valence-corrected chi connectivity index (χ3v) is 5.23. The van der Waals surface area contributed by atoms with Crippen molar-refractivity contribution >= 4 is 5.91 Å². The topological polar surface area (TPSA) is 41.6 Å². The molecule has 1 aliphatic rings. The second-order valence-electron chi connectivity index (χ2n) is 8.05.